The van der Waals surface area contributed by atoms with E-state index in [9.17, 15) is 8.42 Å². The van der Waals surface area contributed by atoms with Gasteiger partial charge in [-0.1, -0.05) is 37.8 Å². The number of rotatable bonds is 4. The van der Waals surface area contributed by atoms with Crippen LogP contribution in [-0.2, 0) is 10.0 Å². The normalized spacial score (nSPS) is 18.9. The molecule has 1 aromatic heterocycles. The summed E-state index contributed by atoms with van der Waals surface area (Å²) in [6.45, 7) is 2.57. The predicted octanol–water partition coefficient (Wildman–Crippen LogP) is 2.57. The van der Waals surface area contributed by atoms with Gasteiger partial charge in [-0.3, -0.25) is 0 Å². The molecule has 0 spiro atoms. The first-order valence-corrected chi connectivity index (χ1v) is 8.59. The van der Waals surface area contributed by atoms with Crippen molar-refractivity contribution in [3.05, 3.63) is 17.3 Å². The maximum Gasteiger partial charge on any atom is 0.242 e. The molecule has 0 amide bonds. The van der Waals surface area contributed by atoms with Crippen LogP contribution in [0.3, 0.4) is 0 Å². The Balaban J connectivity index is 2.09. The van der Waals surface area contributed by atoms with E-state index in [1.807, 2.05) is 0 Å². The van der Waals surface area contributed by atoms with E-state index in [1.165, 1.54) is 18.7 Å². The van der Waals surface area contributed by atoms with Gasteiger partial charge in [0.15, 0.2) is 0 Å². The number of aromatic nitrogens is 1. The number of anilines is 1. The van der Waals surface area contributed by atoms with E-state index >= 15 is 0 Å². The van der Waals surface area contributed by atoms with Crippen molar-refractivity contribution < 1.29 is 8.42 Å². The Morgan fingerprint density at radius 3 is 2.65 bits per heavy atom. The molecule has 0 atom stereocenters. The second-order valence-corrected chi connectivity index (χ2v) is 7.91. The highest BCUT2D eigenvalue weighted by atomic mass is 35.5. The summed E-state index contributed by atoms with van der Waals surface area (Å²) in [4.78, 5) is 3.84. The summed E-state index contributed by atoms with van der Waals surface area (Å²) in [7, 11) is -3.59. The number of nitrogens with two attached hydrogens (primary N) is 1. The zero-order valence-corrected chi connectivity index (χ0v) is 13.1. The lowest BCUT2D eigenvalue weighted by molar-refractivity contribution is 0.219. The first-order chi connectivity index (χ1) is 9.32. The average Bonchev–Trinajstić information content (AvgIpc) is 2.41. The Morgan fingerprint density at radius 2 is 2.05 bits per heavy atom. The molecule has 1 aromatic rings. The van der Waals surface area contributed by atoms with Crippen LogP contribution in [0.4, 0.5) is 5.82 Å². The van der Waals surface area contributed by atoms with Crippen molar-refractivity contribution in [3.63, 3.8) is 0 Å². The van der Waals surface area contributed by atoms with Crippen LogP contribution in [0.1, 0.15) is 39.0 Å². The molecule has 1 heterocycles. The molecule has 0 saturated heterocycles. The fraction of sp³-hybridized carbons (Fsp3) is 0.615. The van der Waals surface area contributed by atoms with Crippen LogP contribution >= 0.6 is 11.6 Å². The van der Waals surface area contributed by atoms with E-state index in [0.717, 1.165) is 25.7 Å². The lowest BCUT2D eigenvalue weighted by atomic mass is 9.76. The molecule has 5 nitrogen and oxygen atoms in total. The Morgan fingerprint density at radius 1 is 1.40 bits per heavy atom. The van der Waals surface area contributed by atoms with Crippen LogP contribution in [0, 0.1) is 5.41 Å². The zero-order chi connectivity index (χ0) is 14.8. The number of hydrogen-bond acceptors (Lipinski definition) is 4. The minimum absolute atomic E-state index is 0.0380. The summed E-state index contributed by atoms with van der Waals surface area (Å²) >= 11 is 5.82. The van der Waals surface area contributed by atoms with Crippen molar-refractivity contribution >= 4 is 27.4 Å². The third kappa shape index (κ3) is 3.62. The Hall–Kier alpha value is -0.850. The maximum atomic E-state index is 12.2. The molecule has 20 heavy (non-hydrogen) atoms. The van der Waals surface area contributed by atoms with Crippen molar-refractivity contribution in [1.82, 2.24) is 9.71 Å². The topological polar surface area (TPSA) is 85.1 Å². The number of nitrogen functional groups attached to an aromatic ring is 1. The minimum Gasteiger partial charge on any atom is -0.382 e. The second-order valence-electron chi connectivity index (χ2n) is 5.73. The van der Waals surface area contributed by atoms with Gasteiger partial charge in [-0.05, 0) is 24.3 Å². The smallest absolute Gasteiger partial charge is 0.242 e. The third-order valence-corrected chi connectivity index (χ3v) is 5.58. The quantitative estimate of drug-likeness (QED) is 0.893. The van der Waals surface area contributed by atoms with Crippen molar-refractivity contribution in [2.45, 2.75) is 43.9 Å². The molecule has 1 aliphatic rings. The molecule has 0 unspecified atom stereocenters. The van der Waals surface area contributed by atoms with Gasteiger partial charge in [-0.2, -0.15) is 0 Å². The van der Waals surface area contributed by atoms with E-state index in [4.69, 9.17) is 17.3 Å². The predicted molar refractivity (Wildman–Crippen MR) is 80.0 cm³/mol. The lowest BCUT2D eigenvalue weighted by Gasteiger charge is -2.33. The van der Waals surface area contributed by atoms with Crippen molar-refractivity contribution in [2.75, 3.05) is 12.3 Å². The SMILES string of the molecule is CC1(CNS(=O)(=O)c2cnc(N)c(Cl)c2)CCCCC1. The standard InChI is InChI=1S/C13H20ClN3O2S/c1-13(5-3-2-4-6-13)9-17-20(18,19)10-7-11(14)12(15)16-8-10/h7-8,17H,2-6,9H2,1H3,(H2,15,16). The zero-order valence-electron chi connectivity index (χ0n) is 11.5. The summed E-state index contributed by atoms with van der Waals surface area (Å²) in [6.07, 6.45) is 6.89. The van der Waals surface area contributed by atoms with Gasteiger partial charge in [0.1, 0.15) is 10.7 Å². The van der Waals surface area contributed by atoms with Crippen LogP contribution in [0.25, 0.3) is 0 Å². The average molecular weight is 318 g/mol. The summed E-state index contributed by atoms with van der Waals surface area (Å²) in [5.74, 6) is 0.129. The number of sulfonamides is 1. The summed E-state index contributed by atoms with van der Waals surface area (Å²) in [5.41, 5.74) is 5.52. The number of pyridine rings is 1. The van der Waals surface area contributed by atoms with Gasteiger partial charge >= 0.3 is 0 Å². The van der Waals surface area contributed by atoms with Crippen LogP contribution in [0.15, 0.2) is 17.2 Å². The Labute approximate surface area is 125 Å². The minimum atomic E-state index is -3.59. The molecule has 1 fully saturated rings. The monoisotopic (exact) mass is 317 g/mol. The van der Waals surface area contributed by atoms with Gasteiger partial charge in [-0.25, -0.2) is 18.1 Å². The summed E-state index contributed by atoms with van der Waals surface area (Å²) < 4.78 is 27.1. The highest BCUT2D eigenvalue weighted by Crippen LogP contribution is 2.35. The molecule has 0 bridgehead atoms. The molecule has 7 heteroatoms. The van der Waals surface area contributed by atoms with Crippen molar-refractivity contribution in [1.29, 1.82) is 0 Å². The van der Waals surface area contributed by atoms with E-state index in [2.05, 4.69) is 16.6 Å². The molecule has 1 aliphatic carbocycles. The Kier molecular flexibility index (Phi) is 4.56. The first kappa shape index (κ1) is 15.5. The van der Waals surface area contributed by atoms with Crippen LogP contribution < -0.4 is 10.5 Å². The van der Waals surface area contributed by atoms with E-state index < -0.39 is 10.0 Å². The highest BCUT2D eigenvalue weighted by molar-refractivity contribution is 7.89. The van der Waals surface area contributed by atoms with Gasteiger partial charge in [0.05, 0.1) is 5.02 Å². The number of nitrogens with zero attached hydrogens (tertiary/aromatic N) is 1. The molecular weight excluding hydrogens is 298 g/mol. The van der Waals surface area contributed by atoms with Gasteiger partial charge in [-0.15, -0.1) is 0 Å². The van der Waals surface area contributed by atoms with Crippen LogP contribution in [-0.4, -0.2) is 19.9 Å². The molecule has 2 rings (SSSR count). The van der Waals surface area contributed by atoms with Gasteiger partial charge < -0.3 is 5.73 Å². The van der Waals surface area contributed by atoms with Crippen molar-refractivity contribution in [2.24, 2.45) is 5.41 Å². The molecule has 0 aliphatic heterocycles. The van der Waals surface area contributed by atoms with Gasteiger partial charge in [0.25, 0.3) is 0 Å². The Bertz CT molecular complexity index is 583. The maximum absolute atomic E-state index is 12.2. The van der Waals surface area contributed by atoms with E-state index in [1.54, 1.807) is 0 Å². The fourth-order valence-electron chi connectivity index (χ4n) is 2.51. The number of halogens is 1. The molecule has 0 aromatic carbocycles. The fourth-order valence-corrected chi connectivity index (χ4v) is 3.91. The molecule has 3 N–H and O–H groups in total. The summed E-state index contributed by atoms with van der Waals surface area (Å²) in [6, 6.07) is 1.33. The van der Waals surface area contributed by atoms with Crippen LogP contribution in [0.5, 0.6) is 0 Å². The molecule has 0 radical (unpaired) electrons. The molecular formula is C13H20ClN3O2S. The third-order valence-electron chi connectivity index (χ3n) is 3.90. The first-order valence-electron chi connectivity index (χ1n) is 6.73. The number of hydrogen-bond donors (Lipinski definition) is 2. The van der Waals surface area contributed by atoms with Gasteiger partial charge in [0.2, 0.25) is 10.0 Å². The molecule has 1 saturated carbocycles. The second kappa shape index (κ2) is 5.87. The highest BCUT2D eigenvalue weighted by Gasteiger charge is 2.29. The van der Waals surface area contributed by atoms with Gasteiger partial charge in [0, 0.05) is 12.7 Å². The molecule has 112 valence electrons. The van der Waals surface area contributed by atoms with E-state index in [0.29, 0.717) is 6.54 Å². The largest absolute Gasteiger partial charge is 0.382 e. The lowest BCUT2D eigenvalue weighted by Crippen LogP contribution is -2.37. The van der Waals surface area contributed by atoms with E-state index in [-0.39, 0.29) is 21.2 Å². The summed E-state index contributed by atoms with van der Waals surface area (Å²) in [5, 5.41) is 0.150. The van der Waals surface area contributed by atoms with Crippen LogP contribution in [0.2, 0.25) is 5.02 Å². The number of nitrogens with one attached hydrogen (secondary N) is 1. The van der Waals surface area contributed by atoms with Crippen molar-refractivity contribution in [3.8, 4) is 0 Å².